The fraction of sp³-hybridized carbons (Fsp3) is 0.462. The van der Waals surface area contributed by atoms with Gasteiger partial charge in [-0.05, 0) is 30.5 Å². The first-order chi connectivity index (χ1) is 8.07. The van der Waals surface area contributed by atoms with Crippen LogP contribution in [0.3, 0.4) is 0 Å². The zero-order chi connectivity index (χ0) is 12.5. The molecule has 0 bridgehead atoms. The Kier molecular flexibility index (Phi) is 3.76. The third-order valence-electron chi connectivity index (χ3n) is 3.69. The van der Waals surface area contributed by atoms with Crippen LogP contribution in [0.5, 0.6) is 0 Å². The Balaban J connectivity index is 2.34. The molecule has 0 heterocycles. The van der Waals surface area contributed by atoms with Crippen LogP contribution in [-0.4, -0.2) is 12.3 Å². The second-order valence-corrected chi connectivity index (χ2v) is 5.47. The van der Waals surface area contributed by atoms with E-state index in [9.17, 15) is 4.79 Å². The zero-order valence-electron chi connectivity index (χ0n) is 9.51. The van der Waals surface area contributed by atoms with Crippen molar-refractivity contribution in [3.63, 3.8) is 0 Å². The predicted molar refractivity (Wildman–Crippen MR) is 70.7 cm³/mol. The number of hydrogen-bond donors (Lipinski definition) is 1. The minimum absolute atomic E-state index is 0.109. The molecule has 1 saturated carbocycles. The molecule has 2 nitrogen and oxygen atoms in total. The highest BCUT2D eigenvalue weighted by atomic mass is 35.5. The third-order valence-corrected chi connectivity index (χ3v) is 4.43. The summed E-state index contributed by atoms with van der Waals surface area (Å²) in [5.41, 5.74) is 6.91. The van der Waals surface area contributed by atoms with Crippen molar-refractivity contribution in [3.8, 4) is 0 Å². The molecule has 1 aromatic carbocycles. The highest BCUT2D eigenvalue weighted by molar-refractivity contribution is 6.42. The quantitative estimate of drug-likeness (QED) is 0.897. The number of nitrogens with two attached hydrogens (primary N) is 1. The molecule has 0 radical (unpaired) electrons. The normalized spacial score (nSPS) is 19.4. The molecule has 1 aromatic rings. The summed E-state index contributed by atoms with van der Waals surface area (Å²) in [5.74, 6) is 0.328. The minimum Gasteiger partial charge on any atom is -0.330 e. The van der Waals surface area contributed by atoms with Gasteiger partial charge in [-0.1, -0.05) is 29.3 Å². The van der Waals surface area contributed by atoms with Crippen LogP contribution in [0.2, 0.25) is 10.0 Å². The molecular formula is C13H15Cl2NO. The molecular weight excluding hydrogens is 257 g/mol. The van der Waals surface area contributed by atoms with Crippen molar-refractivity contribution < 1.29 is 4.79 Å². The first-order valence-corrected chi connectivity index (χ1v) is 6.50. The van der Waals surface area contributed by atoms with E-state index >= 15 is 0 Å². The van der Waals surface area contributed by atoms with Crippen LogP contribution in [0, 0.1) is 0 Å². The van der Waals surface area contributed by atoms with Crippen molar-refractivity contribution >= 4 is 29.0 Å². The van der Waals surface area contributed by atoms with Gasteiger partial charge in [0.25, 0.3) is 0 Å². The number of benzene rings is 1. The molecule has 2 rings (SSSR count). The van der Waals surface area contributed by atoms with E-state index in [-0.39, 0.29) is 5.41 Å². The Morgan fingerprint density at radius 3 is 2.35 bits per heavy atom. The van der Waals surface area contributed by atoms with Gasteiger partial charge in [0.05, 0.1) is 10.0 Å². The topological polar surface area (TPSA) is 43.1 Å². The van der Waals surface area contributed by atoms with Gasteiger partial charge in [0, 0.05) is 24.8 Å². The molecule has 0 amide bonds. The lowest BCUT2D eigenvalue weighted by molar-refractivity contribution is -0.121. The summed E-state index contributed by atoms with van der Waals surface area (Å²) in [6.07, 6.45) is 2.83. The average Bonchev–Trinajstić information content (AvgIpc) is 2.34. The number of carbonyl (C=O) groups is 1. The molecule has 0 aromatic heterocycles. The monoisotopic (exact) mass is 271 g/mol. The van der Waals surface area contributed by atoms with Gasteiger partial charge in [-0.3, -0.25) is 4.79 Å². The zero-order valence-corrected chi connectivity index (χ0v) is 11.0. The number of hydrogen-bond acceptors (Lipinski definition) is 2. The highest BCUT2D eigenvalue weighted by Crippen LogP contribution is 2.39. The number of ketones is 1. The fourth-order valence-corrected chi connectivity index (χ4v) is 2.74. The molecule has 2 N–H and O–H groups in total. The van der Waals surface area contributed by atoms with Gasteiger partial charge < -0.3 is 5.73 Å². The van der Waals surface area contributed by atoms with Crippen molar-refractivity contribution in [2.24, 2.45) is 5.73 Å². The van der Waals surface area contributed by atoms with E-state index in [4.69, 9.17) is 28.9 Å². The van der Waals surface area contributed by atoms with Gasteiger partial charge in [0.15, 0.2) is 0 Å². The van der Waals surface area contributed by atoms with Crippen LogP contribution >= 0.6 is 23.2 Å². The third kappa shape index (κ3) is 2.49. The summed E-state index contributed by atoms with van der Waals surface area (Å²) >= 11 is 12.0. The molecule has 92 valence electrons. The lowest BCUT2D eigenvalue weighted by atomic mass is 9.69. The van der Waals surface area contributed by atoms with Crippen molar-refractivity contribution in [2.45, 2.75) is 31.1 Å². The van der Waals surface area contributed by atoms with Gasteiger partial charge in [0.2, 0.25) is 0 Å². The van der Waals surface area contributed by atoms with Crippen LogP contribution < -0.4 is 5.73 Å². The van der Waals surface area contributed by atoms with Crippen LogP contribution in [0.1, 0.15) is 31.2 Å². The van der Waals surface area contributed by atoms with E-state index in [2.05, 4.69) is 0 Å². The van der Waals surface area contributed by atoms with E-state index in [0.717, 1.165) is 18.4 Å². The van der Waals surface area contributed by atoms with E-state index in [0.29, 0.717) is 35.2 Å². The van der Waals surface area contributed by atoms with Crippen LogP contribution in [0.15, 0.2) is 18.2 Å². The highest BCUT2D eigenvalue weighted by Gasteiger charge is 2.35. The van der Waals surface area contributed by atoms with Gasteiger partial charge in [-0.25, -0.2) is 0 Å². The molecule has 17 heavy (non-hydrogen) atoms. The molecule has 1 aliphatic rings. The van der Waals surface area contributed by atoms with E-state index in [1.165, 1.54) is 0 Å². The predicted octanol–water partition coefficient (Wildman–Crippen LogP) is 3.33. The largest absolute Gasteiger partial charge is 0.330 e. The van der Waals surface area contributed by atoms with Gasteiger partial charge >= 0.3 is 0 Å². The number of halogens is 2. The fourth-order valence-electron chi connectivity index (χ4n) is 2.44. The first-order valence-electron chi connectivity index (χ1n) is 5.75. The average molecular weight is 272 g/mol. The molecule has 0 spiro atoms. The molecule has 1 aliphatic carbocycles. The van der Waals surface area contributed by atoms with Gasteiger partial charge in [-0.2, -0.15) is 0 Å². The molecule has 1 fully saturated rings. The molecule has 0 saturated heterocycles. The van der Waals surface area contributed by atoms with Gasteiger partial charge in [-0.15, -0.1) is 0 Å². The van der Waals surface area contributed by atoms with Crippen LogP contribution in [0.4, 0.5) is 0 Å². The number of rotatable bonds is 2. The van der Waals surface area contributed by atoms with Crippen molar-refractivity contribution in [3.05, 3.63) is 33.8 Å². The van der Waals surface area contributed by atoms with Gasteiger partial charge in [0.1, 0.15) is 5.78 Å². The second-order valence-electron chi connectivity index (χ2n) is 4.65. The Morgan fingerprint density at radius 1 is 1.18 bits per heavy atom. The lowest BCUT2D eigenvalue weighted by Gasteiger charge is -2.36. The summed E-state index contributed by atoms with van der Waals surface area (Å²) in [5, 5.41) is 1.10. The smallest absolute Gasteiger partial charge is 0.132 e. The number of Topliss-reactive ketones (excluding diaryl/α,β-unsaturated/α-hetero) is 1. The van der Waals surface area contributed by atoms with Crippen molar-refractivity contribution in [2.75, 3.05) is 6.54 Å². The maximum absolute atomic E-state index is 11.3. The molecule has 0 atom stereocenters. The SMILES string of the molecule is NCC1(c2ccc(Cl)c(Cl)c2)CCC(=O)CC1. The summed E-state index contributed by atoms with van der Waals surface area (Å²) in [6, 6.07) is 5.65. The summed E-state index contributed by atoms with van der Waals surface area (Å²) in [7, 11) is 0. The Hall–Kier alpha value is -0.570. The summed E-state index contributed by atoms with van der Waals surface area (Å²) in [6.45, 7) is 0.540. The molecule has 0 aliphatic heterocycles. The first kappa shape index (κ1) is 12.9. The molecule has 0 unspecified atom stereocenters. The maximum Gasteiger partial charge on any atom is 0.132 e. The van der Waals surface area contributed by atoms with Crippen LogP contribution in [-0.2, 0) is 10.2 Å². The Morgan fingerprint density at radius 2 is 1.82 bits per heavy atom. The van der Waals surface area contributed by atoms with E-state index in [1.807, 2.05) is 12.1 Å². The molecule has 4 heteroatoms. The van der Waals surface area contributed by atoms with Crippen molar-refractivity contribution in [1.29, 1.82) is 0 Å². The lowest BCUT2D eigenvalue weighted by Crippen LogP contribution is -2.39. The van der Waals surface area contributed by atoms with E-state index in [1.54, 1.807) is 6.07 Å². The Labute approximate surface area is 111 Å². The second kappa shape index (κ2) is 4.97. The van der Waals surface area contributed by atoms with E-state index < -0.39 is 0 Å². The number of carbonyl (C=O) groups excluding carboxylic acids is 1. The summed E-state index contributed by atoms with van der Waals surface area (Å²) in [4.78, 5) is 11.3. The Bertz CT molecular complexity index is 435. The standard InChI is InChI=1S/C13H15Cl2NO/c14-11-2-1-9(7-12(11)15)13(8-16)5-3-10(17)4-6-13/h1-2,7H,3-6,8,16H2. The minimum atomic E-state index is -0.109. The maximum atomic E-state index is 11.3. The van der Waals surface area contributed by atoms with Crippen molar-refractivity contribution in [1.82, 2.24) is 0 Å². The van der Waals surface area contributed by atoms with Crippen LogP contribution in [0.25, 0.3) is 0 Å². The summed E-state index contributed by atoms with van der Waals surface area (Å²) < 4.78 is 0.